The van der Waals surface area contributed by atoms with Gasteiger partial charge in [-0.2, -0.15) is 0 Å². The maximum absolute atomic E-state index is 12.3. The molecule has 2 heterocycles. The maximum Gasteiger partial charge on any atom is 0.251 e. The first kappa shape index (κ1) is 18.9. The van der Waals surface area contributed by atoms with Gasteiger partial charge < -0.3 is 14.7 Å². The highest BCUT2D eigenvalue weighted by Crippen LogP contribution is 2.13. The summed E-state index contributed by atoms with van der Waals surface area (Å²) in [6.45, 7) is 0.285. The molecule has 0 aliphatic carbocycles. The largest absolute Gasteiger partial charge is 0.468 e. The molecule has 0 saturated carbocycles. The van der Waals surface area contributed by atoms with Crippen molar-refractivity contribution in [2.24, 2.45) is 0 Å². The zero-order valence-corrected chi connectivity index (χ0v) is 16.1. The molecule has 8 nitrogen and oxygen atoms in total. The van der Waals surface area contributed by atoms with Crippen LogP contribution < -0.4 is 10.0 Å². The Morgan fingerprint density at radius 3 is 2.52 bits per heavy atom. The van der Waals surface area contributed by atoms with Crippen LogP contribution >= 0.6 is 0 Å². The lowest BCUT2D eigenvalue weighted by Crippen LogP contribution is -2.24. The molecule has 29 heavy (non-hydrogen) atoms. The van der Waals surface area contributed by atoms with Crippen molar-refractivity contribution in [3.05, 3.63) is 84.1 Å². The minimum Gasteiger partial charge on any atom is -0.468 e. The first-order valence-electron chi connectivity index (χ1n) is 8.85. The Kier molecular flexibility index (Phi) is 5.15. The molecular formula is C20H18N4O4S. The molecule has 2 aromatic carbocycles. The summed E-state index contributed by atoms with van der Waals surface area (Å²) in [7, 11) is -3.71. The standard InChI is InChI=1S/C20H18N4O4S/c25-20(21-13-19-23-17-5-1-2-6-18(17)24-19)14-7-9-16(10-8-14)29(26,27)22-12-15-4-3-11-28-15/h1-11,22H,12-13H2,(H,21,25)(H,23,24). The maximum atomic E-state index is 12.3. The van der Waals surface area contributed by atoms with Crippen molar-refractivity contribution in [3.8, 4) is 0 Å². The molecule has 0 spiro atoms. The Hall–Kier alpha value is -3.43. The van der Waals surface area contributed by atoms with Crippen molar-refractivity contribution in [1.82, 2.24) is 20.0 Å². The van der Waals surface area contributed by atoms with Crippen LogP contribution in [-0.2, 0) is 23.1 Å². The summed E-state index contributed by atoms with van der Waals surface area (Å²) in [4.78, 5) is 19.9. The monoisotopic (exact) mass is 410 g/mol. The van der Waals surface area contributed by atoms with Gasteiger partial charge in [0.25, 0.3) is 5.91 Å². The number of benzene rings is 2. The molecule has 0 aliphatic heterocycles. The second-order valence-electron chi connectivity index (χ2n) is 6.31. The average Bonchev–Trinajstić information content (AvgIpc) is 3.40. The van der Waals surface area contributed by atoms with E-state index in [2.05, 4.69) is 20.0 Å². The number of nitrogens with one attached hydrogen (secondary N) is 3. The number of hydrogen-bond acceptors (Lipinski definition) is 5. The summed E-state index contributed by atoms with van der Waals surface area (Å²) in [6, 6.07) is 16.7. The number of H-pyrrole nitrogens is 1. The number of furan rings is 1. The predicted molar refractivity (Wildman–Crippen MR) is 106 cm³/mol. The number of sulfonamides is 1. The fraction of sp³-hybridized carbons (Fsp3) is 0.100. The van der Waals surface area contributed by atoms with Crippen LogP contribution in [0.4, 0.5) is 0 Å². The number of carbonyl (C=O) groups is 1. The Morgan fingerprint density at radius 2 is 1.79 bits per heavy atom. The van der Waals surface area contributed by atoms with Crippen molar-refractivity contribution in [3.63, 3.8) is 0 Å². The number of imidazole rings is 1. The Morgan fingerprint density at radius 1 is 1.00 bits per heavy atom. The minimum atomic E-state index is -3.71. The molecule has 0 atom stereocenters. The lowest BCUT2D eigenvalue weighted by atomic mass is 10.2. The number of nitrogens with zero attached hydrogens (tertiary/aromatic N) is 1. The minimum absolute atomic E-state index is 0.0507. The third kappa shape index (κ3) is 4.36. The number of aromatic amines is 1. The molecule has 0 unspecified atom stereocenters. The van der Waals surface area contributed by atoms with E-state index in [-0.39, 0.29) is 23.9 Å². The fourth-order valence-corrected chi connectivity index (χ4v) is 3.80. The Bertz CT molecular complexity index is 1200. The quantitative estimate of drug-likeness (QED) is 0.433. The fourth-order valence-electron chi connectivity index (χ4n) is 2.80. The molecule has 9 heteroatoms. The van der Waals surface area contributed by atoms with E-state index in [1.807, 2.05) is 24.3 Å². The number of aromatic nitrogens is 2. The van der Waals surface area contributed by atoms with Gasteiger partial charge >= 0.3 is 0 Å². The van der Waals surface area contributed by atoms with Crippen LogP contribution in [-0.4, -0.2) is 24.3 Å². The molecule has 0 saturated heterocycles. The number of hydrogen-bond donors (Lipinski definition) is 3. The van der Waals surface area contributed by atoms with Crippen molar-refractivity contribution in [2.75, 3.05) is 0 Å². The zero-order chi connectivity index (χ0) is 20.3. The molecule has 4 rings (SSSR count). The van der Waals surface area contributed by atoms with E-state index >= 15 is 0 Å². The van der Waals surface area contributed by atoms with Crippen molar-refractivity contribution in [2.45, 2.75) is 18.0 Å². The van der Waals surface area contributed by atoms with E-state index in [1.54, 1.807) is 12.1 Å². The van der Waals surface area contributed by atoms with E-state index in [0.29, 0.717) is 17.1 Å². The SMILES string of the molecule is O=C(NCc1nc2ccccc2[nH]1)c1ccc(S(=O)(=O)NCc2ccco2)cc1. The first-order chi connectivity index (χ1) is 14.0. The van der Waals surface area contributed by atoms with Crippen LogP contribution in [0.5, 0.6) is 0 Å². The summed E-state index contributed by atoms with van der Waals surface area (Å²) in [5.41, 5.74) is 2.08. The molecule has 148 valence electrons. The van der Waals surface area contributed by atoms with Gasteiger partial charge in [0.05, 0.1) is 35.3 Å². The van der Waals surface area contributed by atoms with Crippen molar-refractivity contribution in [1.29, 1.82) is 0 Å². The lowest BCUT2D eigenvalue weighted by molar-refractivity contribution is 0.0950. The van der Waals surface area contributed by atoms with Crippen LogP contribution in [0.1, 0.15) is 21.9 Å². The molecule has 0 fully saturated rings. The normalized spacial score (nSPS) is 11.6. The highest BCUT2D eigenvalue weighted by Gasteiger charge is 2.15. The highest BCUT2D eigenvalue weighted by atomic mass is 32.2. The van der Waals surface area contributed by atoms with Crippen LogP contribution in [0.25, 0.3) is 11.0 Å². The van der Waals surface area contributed by atoms with E-state index in [4.69, 9.17) is 4.42 Å². The van der Waals surface area contributed by atoms with Crippen LogP contribution in [0.2, 0.25) is 0 Å². The first-order valence-corrected chi connectivity index (χ1v) is 10.3. The molecule has 2 aromatic heterocycles. The highest BCUT2D eigenvalue weighted by molar-refractivity contribution is 7.89. The second kappa shape index (κ2) is 7.90. The van der Waals surface area contributed by atoms with Gasteiger partial charge in [0.1, 0.15) is 11.6 Å². The van der Waals surface area contributed by atoms with Crippen LogP contribution in [0.15, 0.2) is 76.2 Å². The van der Waals surface area contributed by atoms with Gasteiger partial charge in [-0.05, 0) is 48.5 Å². The van der Waals surface area contributed by atoms with Gasteiger partial charge in [0.2, 0.25) is 10.0 Å². The van der Waals surface area contributed by atoms with E-state index in [1.165, 1.54) is 30.5 Å². The van der Waals surface area contributed by atoms with Gasteiger partial charge in [-0.25, -0.2) is 18.1 Å². The van der Waals surface area contributed by atoms with E-state index < -0.39 is 10.0 Å². The van der Waals surface area contributed by atoms with Gasteiger partial charge in [0.15, 0.2) is 0 Å². The topological polar surface area (TPSA) is 117 Å². The van der Waals surface area contributed by atoms with Gasteiger partial charge in [-0.3, -0.25) is 4.79 Å². The third-order valence-corrected chi connectivity index (χ3v) is 5.72. The average molecular weight is 410 g/mol. The smallest absolute Gasteiger partial charge is 0.251 e. The lowest BCUT2D eigenvalue weighted by Gasteiger charge is -2.07. The summed E-state index contributed by atoms with van der Waals surface area (Å²) < 4.78 is 32.2. The summed E-state index contributed by atoms with van der Waals surface area (Å²) in [5, 5.41) is 2.77. The zero-order valence-electron chi connectivity index (χ0n) is 15.3. The van der Waals surface area contributed by atoms with Crippen molar-refractivity contribution >= 4 is 27.0 Å². The van der Waals surface area contributed by atoms with E-state index in [0.717, 1.165) is 11.0 Å². The Balaban J connectivity index is 1.38. The predicted octanol–water partition coefficient (Wildman–Crippen LogP) is 2.56. The van der Waals surface area contributed by atoms with Gasteiger partial charge in [-0.1, -0.05) is 12.1 Å². The molecule has 0 aliphatic rings. The summed E-state index contributed by atoms with van der Waals surface area (Å²) in [5.74, 6) is 0.828. The number of para-hydroxylation sites is 2. The molecular weight excluding hydrogens is 392 g/mol. The van der Waals surface area contributed by atoms with Gasteiger partial charge in [-0.15, -0.1) is 0 Å². The van der Waals surface area contributed by atoms with Crippen LogP contribution in [0, 0.1) is 0 Å². The molecule has 0 radical (unpaired) electrons. The van der Waals surface area contributed by atoms with Crippen molar-refractivity contribution < 1.29 is 17.6 Å². The number of rotatable bonds is 7. The number of carbonyl (C=O) groups excluding carboxylic acids is 1. The number of fused-ring (bicyclic) bond motifs is 1. The van der Waals surface area contributed by atoms with E-state index in [9.17, 15) is 13.2 Å². The summed E-state index contributed by atoms with van der Waals surface area (Å²) >= 11 is 0. The van der Waals surface area contributed by atoms with Crippen LogP contribution in [0.3, 0.4) is 0 Å². The molecule has 4 aromatic rings. The van der Waals surface area contributed by atoms with Gasteiger partial charge in [0, 0.05) is 5.56 Å². The molecule has 0 bridgehead atoms. The number of amides is 1. The Labute approximate surface area is 167 Å². The summed E-state index contributed by atoms with van der Waals surface area (Å²) in [6.07, 6.45) is 1.47. The molecule has 3 N–H and O–H groups in total. The second-order valence-corrected chi connectivity index (χ2v) is 8.08. The third-order valence-electron chi connectivity index (χ3n) is 4.30. The molecule has 1 amide bonds.